The smallest absolute Gasteiger partial charge is 0.224 e. The number of oxime groups is 1. The van der Waals surface area contributed by atoms with Gasteiger partial charge in [0.05, 0.1) is 17.9 Å². The van der Waals surface area contributed by atoms with E-state index in [1.165, 1.54) is 0 Å². The van der Waals surface area contributed by atoms with Crippen LogP contribution in [0, 0.1) is 17.3 Å². The van der Waals surface area contributed by atoms with Crippen LogP contribution in [0.5, 0.6) is 0 Å². The molecule has 1 saturated carbocycles. The summed E-state index contributed by atoms with van der Waals surface area (Å²) in [7, 11) is 0. The summed E-state index contributed by atoms with van der Waals surface area (Å²) in [6.45, 7) is 5.89. The van der Waals surface area contributed by atoms with Crippen molar-refractivity contribution in [3.63, 3.8) is 0 Å². The molecule has 0 aromatic rings. The summed E-state index contributed by atoms with van der Waals surface area (Å²) in [4.78, 5) is 12.6. The Balaban J connectivity index is 2.01. The number of amides is 1. The van der Waals surface area contributed by atoms with Gasteiger partial charge in [-0.1, -0.05) is 19.0 Å². The Labute approximate surface area is 130 Å². The van der Waals surface area contributed by atoms with Gasteiger partial charge >= 0.3 is 0 Å². The lowest BCUT2D eigenvalue weighted by Crippen LogP contribution is -2.61. The molecule has 0 spiro atoms. The van der Waals surface area contributed by atoms with Crippen molar-refractivity contribution in [2.45, 2.75) is 45.6 Å². The second kappa shape index (κ2) is 6.16. The number of rotatable bonds is 4. The molecule has 120 valence electrons. The van der Waals surface area contributed by atoms with Crippen LogP contribution in [0.25, 0.3) is 0 Å². The molecule has 0 bridgehead atoms. The minimum absolute atomic E-state index is 0.00695. The zero-order chi connectivity index (χ0) is 15.7. The van der Waals surface area contributed by atoms with Crippen LogP contribution in [-0.4, -0.2) is 45.6 Å². The average molecular weight is 314 g/mol. The molecule has 2 fully saturated rings. The molecule has 0 aromatic carbocycles. The molecule has 1 amide bonds. The van der Waals surface area contributed by atoms with Gasteiger partial charge in [0.25, 0.3) is 0 Å². The first-order chi connectivity index (χ1) is 9.86. The van der Waals surface area contributed by atoms with E-state index in [1.807, 2.05) is 25.6 Å². The summed E-state index contributed by atoms with van der Waals surface area (Å²) in [5.74, 6) is 2.05. The van der Waals surface area contributed by atoms with Crippen molar-refractivity contribution in [1.29, 1.82) is 0 Å². The number of aliphatic hydroxyl groups excluding tert-OH is 1. The Morgan fingerprint density at radius 2 is 1.95 bits per heavy atom. The normalized spacial score (nSPS) is 31.3. The third kappa shape index (κ3) is 3.06. The first-order valence-corrected chi connectivity index (χ1v) is 8.71. The van der Waals surface area contributed by atoms with E-state index in [0.29, 0.717) is 12.1 Å². The van der Waals surface area contributed by atoms with Crippen LogP contribution < -0.4 is 5.32 Å². The Bertz CT molecular complexity index is 431. The number of thioether (sulfide) groups is 1. The molecule has 3 N–H and O–H groups in total. The largest absolute Gasteiger partial charge is 0.411 e. The Morgan fingerprint density at radius 1 is 1.33 bits per heavy atom. The fraction of sp³-hybridized carbons (Fsp3) is 0.867. The maximum Gasteiger partial charge on any atom is 0.224 e. The number of carbonyl (C=O) groups excluding carboxylic acids is 1. The van der Waals surface area contributed by atoms with Gasteiger partial charge in [-0.25, -0.2) is 0 Å². The number of hydrogen-bond acceptors (Lipinski definition) is 5. The molecule has 1 saturated heterocycles. The molecule has 0 aromatic heterocycles. The molecule has 0 radical (unpaired) electrons. The lowest BCUT2D eigenvalue weighted by atomic mass is 9.53. The standard InChI is InChI=1S/C15H26N2O3S/c1-10(17-20)11-8-12(14(11,2)3)13(19)16-15(9-18)4-6-21-7-5-15/h11-12,18,20H,4-9H2,1-3H3,(H,16,19)/b17-10+. The third-order valence-corrected chi connectivity index (χ3v) is 6.37. The molecule has 2 atom stereocenters. The Kier molecular flexibility index (Phi) is 4.88. The zero-order valence-corrected chi connectivity index (χ0v) is 13.9. The fourth-order valence-corrected chi connectivity index (χ4v) is 4.86. The first-order valence-electron chi connectivity index (χ1n) is 7.55. The lowest BCUT2D eigenvalue weighted by Gasteiger charge is -2.52. The third-order valence-electron chi connectivity index (χ3n) is 5.39. The summed E-state index contributed by atoms with van der Waals surface area (Å²) >= 11 is 1.87. The van der Waals surface area contributed by atoms with E-state index in [0.717, 1.165) is 24.3 Å². The summed E-state index contributed by atoms with van der Waals surface area (Å²) in [6.07, 6.45) is 2.37. The average Bonchev–Trinajstić information content (AvgIpc) is 2.46. The van der Waals surface area contributed by atoms with Gasteiger partial charge in [-0.05, 0) is 43.1 Å². The molecule has 2 rings (SSSR count). The van der Waals surface area contributed by atoms with Gasteiger partial charge in [-0.3, -0.25) is 4.79 Å². The molecule has 1 aliphatic heterocycles. The predicted octanol–water partition coefficient (Wildman–Crippen LogP) is 1.87. The molecule has 6 heteroatoms. The van der Waals surface area contributed by atoms with Crippen molar-refractivity contribution in [2.75, 3.05) is 18.1 Å². The van der Waals surface area contributed by atoms with Gasteiger partial charge in [0.15, 0.2) is 0 Å². The summed E-state index contributed by atoms with van der Waals surface area (Å²) in [5, 5.41) is 25.0. The first kappa shape index (κ1) is 16.6. The quantitative estimate of drug-likeness (QED) is 0.420. The topological polar surface area (TPSA) is 81.9 Å². The van der Waals surface area contributed by atoms with Gasteiger partial charge in [0, 0.05) is 11.8 Å². The Morgan fingerprint density at radius 3 is 2.43 bits per heavy atom. The van der Waals surface area contributed by atoms with Crippen LogP contribution in [-0.2, 0) is 4.79 Å². The monoisotopic (exact) mass is 314 g/mol. The number of aliphatic hydroxyl groups is 1. The number of nitrogens with one attached hydrogen (secondary N) is 1. The minimum Gasteiger partial charge on any atom is -0.411 e. The number of carbonyl (C=O) groups is 1. The van der Waals surface area contributed by atoms with Crippen molar-refractivity contribution in [1.82, 2.24) is 5.32 Å². The molecule has 2 aliphatic rings. The van der Waals surface area contributed by atoms with E-state index in [4.69, 9.17) is 5.21 Å². The van der Waals surface area contributed by atoms with Crippen LogP contribution in [0.1, 0.15) is 40.0 Å². The number of hydrogen-bond donors (Lipinski definition) is 3. The summed E-state index contributed by atoms with van der Waals surface area (Å²) in [6, 6.07) is 0. The van der Waals surface area contributed by atoms with Gasteiger partial charge in [-0.2, -0.15) is 11.8 Å². The van der Waals surface area contributed by atoms with Crippen LogP contribution in [0.15, 0.2) is 5.16 Å². The summed E-state index contributed by atoms with van der Waals surface area (Å²) in [5.41, 5.74) is 0.0411. The van der Waals surface area contributed by atoms with E-state index >= 15 is 0 Å². The van der Waals surface area contributed by atoms with Gasteiger partial charge < -0.3 is 15.6 Å². The SMILES string of the molecule is C/C(=N\O)C1CC(C(=O)NC2(CO)CCSCC2)C1(C)C. The minimum atomic E-state index is -0.441. The van der Waals surface area contributed by atoms with E-state index in [2.05, 4.69) is 10.5 Å². The predicted molar refractivity (Wildman–Crippen MR) is 84.8 cm³/mol. The zero-order valence-electron chi connectivity index (χ0n) is 13.1. The lowest BCUT2D eigenvalue weighted by molar-refractivity contribution is -0.140. The molecule has 1 aliphatic carbocycles. The van der Waals surface area contributed by atoms with Crippen molar-refractivity contribution >= 4 is 23.4 Å². The van der Waals surface area contributed by atoms with Crippen molar-refractivity contribution in [3.8, 4) is 0 Å². The highest BCUT2D eigenvalue weighted by Crippen LogP contribution is 2.52. The van der Waals surface area contributed by atoms with Gasteiger partial charge in [0.2, 0.25) is 5.91 Å². The summed E-state index contributed by atoms with van der Waals surface area (Å²) < 4.78 is 0. The van der Waals surface area contributed by atoms with E-state index in [1.54, 1.807) is 6.92 Å². The van der Waals surface area contributed by atoms with Crippen LogP contribution >= 0.6 is 11.8 Å². The van der Waals surface area contributed by atoms with Gasteiger partial charge in [-0.15, -0.1) is 0 Å². The highest BCUT2D eigenvalue weighted by molar-refractivity contribution is 7.99. The van der Waals surface area contributed by atoms with Crippen molar-refractivity contribution in [2.24, 2.45) is 22.4 Å². The van der Waals surface area contributed by atoms with Crippen LogP contribution in [0.4, 0.5) is 0 Å². The van der Waals surface area contributed by atoms with Crippen LogP contribution in [0.3, 0.4) is 0 Å². The highest BCUT2D eigenvalue weighted by atomic mass is 32.2. The fourth-order valence-electron chi connectivity index (χ4n) is 3.58. The van der Waals surface area contributed by atoms with Crippen molar-refractivity contribution in [3.05, 3.63) is 0 Å². The maximum atomic E-state index is 12.6. The van der Waals surface area contributed by atoms with Crippen LogP contribution in [0.2, 0.25) is 0 Å². The second-order valence-electron chi connectivity index (χ2n) is 6.94. The highest BCUT2D eigenvalue weighted by Gasteiger charge is 2.53. The van der Waals surface area contributed by atoms with E-state index in [-0.39, 0.29) is 29.8 Å². The molecule has 2 unspecified atom stereocenters. The number of nitrogens with zero attached hydrogens (tertiary/aromatic N) is 1. The molecule has 5 nitrogen and oxygen atoms in total. The maximum absolute atomic E-state index is 12.6. The Hall–Kier alpha value is -0.750. The van der Waals surface area contributed by atoms with E-state index < -0.39 is 5.54 Å². The van der Waals surface area contributed by atoms with E-state index in [9.17, 15) is 9.90 Å². The molecular weight excluding hydrogens is 288 g/mol. The second-order valence-corrected chi connectivity index (χ2v) is 8.17. The molecular formula is C15H26N2O3S. The van der Waals surface area contributed by atoms with Crippen molar-refractivity contribution < 1.29 is 15.1 Å². The molecule has 21 heavy (non-hydrogen) atoms. The molecule has 1 heterocycles. The van der Waals surface area contributed by atoms with Gasteiger partial charge in [0.1, 0.15) is 0 Å².